The molecule has 0 unspecified atom stereocenters. The highest BCUT2D eigenvalue weighted by Gasteiger charge is 2.20. The third-order valence-corrected chi connectivity index (χ3v) is 3.20. The number of likely N-dealkylation sites (N-methyl/N-ethyl adjacent to an activating group) is 1. The molecule has 104 valence electrons. The van der Waals surface area contributed by atoms with Crippen molar-refractivity contribution in [1.29, 1.82) is 0 Å². The second-order valence-corrected chi connectivity index (χ2v) is 4.57. The molecule has 0 fully saturated rings. The van der Waals surface area contributed by atoms with E-state index in [1.165, 1.54) is 7.11 Å². The fourth-order valence-electron chi connectivity index (χ4n) is 1.49. The van der Waals surface area contributed by atoms with Gasteiger partial charge in [-0.25, -0.2) is 4.79 Å². The van der Waals surface area contributed by atoms with E-state index in [2.05, 4.69) is 10.1 Å². The van der Waals surface area contributed by atoms with Gasteiger partial charge in [0.1, 0.15) is 0 Å². The Balaban J connectivity index is 2.62. The van der Waals surface area contributed by atoms with E-state index in [1.54, 1.807) is 24.9 Å². The topological polar surface area (TPSA) is 58.6 Å². The van der Waals surface area contributed by atoms with Crippen molar-refractivity contribution in [2.45, 2.75) is 19.5 Å². The Morgan fingerprint density at radius 1 is 1.42 bits per heavy atom. The molecule has 5 nitrogen and oxygen atoms in total. The van der Waals surface area contributed by atoms with Crippen molar-refractivity contribution in [3.8, 4) is 0 Å². The Kier molecular flexibility index (Phi) is 5.79. The van der Waals surface area contributed by atoms with E-state index in [1.807, 2.05) is 18.2 Å². The molecule has 1 aromatic carbocycles. The van der Waals surface area contributed by atoms with Crippen LogP contribution in [0.1, 0.15) is 12.5 Å². The second-order valence-electron chi connectivity index (χ2n) is 4.16. The van der Waals surface area contributed by atoms with E-state index < -0.39 is 18.0 Å². The molecule has 1 rings (SSSR count). The maximum absolute atomic E-state index is 11.7. The van der Waals surface area contributed by atoms with Gasteiger partial charge in [-0.2, -0.15) is 0 Å². The van der Waals surface area contributed by atoms with Crippen LogP contribution in [-0.4, -0.2) is 37.1 Å². The highest BCUT2D eigenvalue weighted by molar-refractivity contribution is 6.31. The summed E-state index contributed by atoms with van der Waals surface area (Å²) in [6.45, 7) is 2.21. The van der Waals surface area contributed by atoms with Crippen LogP contribution in [0, 0.1) is 0 Å². The summed E-state index contributed by atoms with van der Waals surface area (Å²) in [5, 5.41) is 2.78. The zero-order valence-electron chi connectivity index (χ0n) is 11.1. The number of nitrogens with zero attached hydrogens (tertiary/aromatic N) is 1. The first-order valence-electron chi connectivity index (χ1n) is 5.78. The summed E-state index contributed by atoms with van der Waals surface area (Å²) >= 11 is 6.06. The molecule has 6 heteroatoms. The summed E-state index contributed by atoms with van der Waals surface area (Å²) in [4.78, 5) is 24.5. The molecule has 2 amide bonds. The molecule has 19 heavy (non-hydrogen) atoms. The minimum Gasteiger partial charge on any atom is -0.453 e. The third kappa shape index (κ3) is 4.54. The molecule has 0 saturated heterocycles. The van der Waals surface area contributed by atoms with Crippen molar-refractivity contribution in [1.82, 2.24) is 10.2 Å². The van der Waals surface area contributed by atoms with Crippen LogP contribution in [-0.2, 0) is 16.1 Å². The number of amides is 2. The molecule has 0 saturated carbocycles. The van der Waals surface area contributed by atoms with Crippen LogP contribution >= 0.6 is 11.6 Å². The Bertz CT molecular complexity index is 465. The molecule has 0 heterocycles. The molecule has 1 aromatic rings. The Morgan fingerprint density at radius 2 is 2.05 bits per heavy atom. The Hall–Kier alpha value is -1.59. The van der Waals surface area contributed by atoms with Crippen molar-refractivity contribution < 1.29 is 14.3 Å². The van der Waals surface area contributed by atoms with Crippen molar-refractivity contribution in [3.63, 3.8) is 0 Å². The van der Waals surface area contributed by atoms with Crippen molar-refractivity contribution >= 4 is 23.6 Å². The van der Waals surface area contributed by atoms with Gasteiger partial charge in [-0.1, -0.05) is 29.8 Å². The lowest BCUT2D eigenvalue weighted by atomic mass is 10.2. The van der Waals surface area contributed by atoms with Crippen LogP contribution in [0.2, 0.25) is 5.02 Å². The summed E-state index contributed by atoms with van der Waals surface area (Å²) in [6, 6.07) is 6.94. The predicted octanol–water partition coefficient (Wildman–Crippen LogP) is 2.04. The molecule has 1 atom stereocenters. The standard InChI is InChI=1S/C13H17ClN2O3/c1-9(12(17)15-13(18)19-3)16(2)8-10-6-4-5-7-11(10)14/h4-7,9H,8H2,1-3H3,(H,15,17,18)/t9-/m1/s1. The van der Waals surface area contributed by atoms with Gasteiger partial charge < -0.3 is 4.74 Å². The number of halogens is 1. The van der Waals surface area contributed by atoms with Crippen molar-refractivity contribution in [3.05, 3.63) is 34.9 Å². The summed E-state index contributed by atoms with van der Waals surface area (Å²) < 4.78 is 4.38. The lowest BCUT2D eigenvalue weighted by Crippen LogP contribution is -2.45. The van der Waals surface area contributed by atoms with Gasteiger partial charge in [-0.3, -0.25) is 15.0 Å². The predicted molar refractivity (Wildman–Crippen MR) is 72.9 cm³/mol. The SMILES string of the molecule is COC(=O)NC(=O)[C@@H](C)N(C)Cc1ccccc1Cl. The van der Waals surface area contributed by atoms with E-state index in [9.17, 15) is 9.59 Å². The van der Waals surface area contributed by atoms with Crippen LogP contribution < -0.4 is 5.32 Å². The molecule has 0 aliphatic rings. The van der Waals surface area contributed by atoms with Gasteiger partial charge in [0.25, 0.3) is 0 Å². The van der Waals surface area contributed by atoms with E-state index in [-0.39, 0.29) is 0 Å². The van der Waals surface area contributed by atoms with Crippen LogP contribution in [0.15, 0.2) is 24.3 Å². The van der Waals surface area contributed by atoms with Gasteiger partial charge in [0.15, 0.2) is 0 Å². The molecule has 0 radical (unpaired) electrons. The zero-order chi connectivity index (χ0) is 14.4. The molecule has 0 aliphatic heterocycles. The number of hydrogen-bond acceptors (Lipinski definition) is 4. The van der Waals surface area contributed by atoms with Gasteiger partial charge in [0.05, 0.1) is 13.2 Å². The fourth-order valence-corrected chi connectivity index (χ4v) is 1.68. The summed E-state index contributed by atoms with van der Waals surface area (Å²) in [7, 11) is 2.99. The zero-order valence-corrected chi connectivity index (χ0v) is 11.9. The number of imide groups is 1. The number of ether oxygens (including phenoxy) is 1. The lowest BCUT2D eigenvalue weighted by Gasteiger charge is -2.23. The first-order valence-corrected chi connectivity index (χ1v) is 6.16. The smallest absolute Gasteiger partial charge is 0.413 e. The number of benzene rings is 1. The molecule has 0 spiro atoms. The minimum atomic E-state index is -0.761. The average molecular weight is 285 g/mol. The maximum atomic E-state index is 11.7. The Labute approximate surface area is 117 Å². The maximum Gasteiger partial charge on any atom is 0.413 e. The van der Waals surface area contributed by atoms with Gasteiger partial charge in [-0.05, 0) is 25.6 Å². The number of hydrogen-bond donors (Lipinski definition) is 1. The van der Waals surface area contributed by atoms with Gasteiger partial charge in [0.2, 0.25) is 5.91 Å². The van der Waals surface area contributed by atoms with Crippen LogP contribution in [0.25, 0.3) is 0 Å². The molecular formula is C13H17ClN2O3. The number of carbonyl (C=O) groups is 2. The average Bonchev–Trinajstić information content (AvgIpc) is 2.40. The number of methoxy groups -OCH3 is 1. The normalized spacial score (nSPS) is 12.1. The first kappa shape index (κ1) is 15.5. The molecule has 1 N–H and O–H groups in total. The van der Waals surface area contributed by atoms with E-state index in [4.69, 9.17) is 11.6 Å². The molecular weight excluding hydrogens is 268 g/mol. The second kappa shape index (κ2) is 7.11. The molecule has 0 bridgehead atoms. The monoisotopic (exact) mass is 284 g/mol. The Morgan fingerprint density at radius 3 is 2.63 bits per heavy atom. The highest BCUT2D eigenvalue weighted by atomic mass is 35.5. The van der Waals surface area contributed by atoms with Gasteiger partial charge >= 0.3 is 6.09 Å². The summed E-state index contributed by atoms with van der Waals surface area (Å²) in [6.07, 6.45) is -0.761. The van der Waals surface area contributed by atoms with Crippen LogP contribution in [0.5, 0.6) is 0 Å². The van der Waals surface area contributed by atoms with Crippen molar-refractivity contribution in [2.75, 3.05) is 14.2 Å². The quantitative estimate of drug-likeness (QED) is 0.919. The fraction of sp³-hybridized carbons (Fsp3) is 0.385. The number of nitrogens with one attached hydrogen (secondary N) is 1. The largest absolute Gasteiger partial charge is 0.453 e. The van der Waals surface area contributed by atoms with Gasteiger partial charge in [-0.15, -0.1) is 0 Å². The third-order valence-electron chi connectivity index (χ3n) is 2.83. The highest BCUT2D eigenvalue weighted by Crippen LogP contribution is 2.17. The summed E-state index contributed by atoms with van der Waals surface area (Å²) in [5.41, 5.74) is 0.921. The molecule has 0 aromatic heterocycles. The van der Waals surface area contributed by atoms with Crippen molar-refractivity contribution in [2.24, 2.45) is 0 Å². The van der Waals surface area contributed by atoms with E-state index >= 15 is 0 Å². The van der Waals surface area contributed by atoms with Gasteiger partial charge in [0, 0.05) is 11.6 Å². The van der Waals surface area contributed by atoms with E-state index in [0.29, 0.717) is 11.6 Å². The number of alkyl carbamates (subject to hydrolysis) is 1. The first-order chi connectivity index (χ1) is 8.95. The minimum absolute atomic E-state index is 0.415. The number of rotatable bonds is 4. The summed E-state index contributed by atoms with van der Waals surface area (Å²) in [5.74, 6) is -0.415. The molecule has 0 aliphatic carbocycles. The van der Waals surface area contributed by atoms with Crippen LogP contribution in [0.4, 0.5) is 4.79 Å². The van der Waals surface area contributed by atoms with E-state index in [0.717, 1.165) is 5.56 Å². The van der Waals surface area contributed by atoms with Crippen LogP contribution in [0.3, 0.4) is 0 Å². The lowest BCUT2D eigenvalue weighted by molar-refractivity contribution is -0.124. The number of carbonyl (C=O) groups excluding carboxylic acids is 2.